The Kier molecular flexibility index (Phi) is 9.51. The van der Waals surface area contributed by atoms with Crippen LogP contribution in [0.4, 0.5) is 21.5 Å². The van der Waals surface area contributed by atoms with Gasteiger partial charge in [-0.2, -0.15) is 0 Å². The molecule has 0 saturated carbocycles. The molecule has 0 aliphatic carbocycles. The molecular weight excluding hydrogens is 427 g/mol. The van der Waals surface area contributed by atoms with E-state index in [-0.39, 0.29) is 11.7 Å². The molecule has 0 aliphatic rings. The molecule has 0 aromatic heterocycles. The van der Waals surface area contributed by atoms with Crippen molar-refractivity contribution in [3.8, 4) is 5.75 Å². The highest BCUT2D eigenvalue weighted by atomic mass is 19.1. The Morgan fingerprint density at radius 2 is 1.74 bits per heavy atom. The quantitative estimate of drug-likeness (QED) is 0.287. The van der Waals surface area contributed by atoms with Gasteiger partial charge in [-0.3, -0.25) is 4.79 Å². The highest BCUT2D eigenvalue weighted by molar-refractivity contribution is 5.91. The second kappa shape index (κ2) is 12.8. The molecule has 180 valence electrons. The molecule has 4 nitrogen and oxygen atoms in total. The SMILES string of the molecule is CCCC(CC)CCC(=O)Nc1cccc(Nc2ccc(OCc3ccc(F)cc3)cc2C)c1. The first-order valence-electron chi connectivity index (χ1n) is 12.1. The molecule has 0 saturated heterocycles. The molecule has 1 amide bonds. The van der Waals surface area contributed by atoms with Gasteiger partial charge in [0.1, 0.15) is 18.2 Å². The van der Waals surface area contributed by atoms with Gasteiger partial charge in [0.2, 0.25) is 5.91 Å². The van der Waals surface area contributed by atoms with E-state index in [1.807, 2.05) is 49.4 Å². The summed E-state index contributed by atoms with van der Waals surface area (Å²) in [5.41, 5.74) is 4.60. The van der Waals surface area contributed by atoms with Crippen LogP contribution in [0.15, 0.2) is 66.7 Å². The predicted octanol–water partition coefficient (Wildman–Crippen LogP) is 8.00. The number of rotatable bonds is 12. The van der Waals surface area contributed by atoms with E-state index in [0.29, 0.717) is 18.9 Å². The smallest absolute Gasteiger partial charge is 0.224 e. The van der Waals surface area contributed by atoms with Gasteiger partial charge in [-0.25, -0.2) is 4.39 Å². The number of anilines is 3. The topological polar surface area (TPSA) is 50.4 Å². The van der Waals surface area contributed by atoms with Crippen LogP contribution >= 0.6 is 0 Å². The molecular formula is C29H35FN2O2. The van der Waals surface area contributed by atoms with Gasteiger partial charge in [-0.05, 0) is 78.9 Å². The van der Waals surface area contributed by atoms with E-state index in [4.69, 9.17) is 4.74 Å². The van der Waals surface area contributed by atoms with Crippen LogP contribution in [0, 0.1) is 18.7 Å². The number of benzene rings is 3. The minimum absolute atomic E-state index is 0.0607. The number of amides is 1. The summed E-state index contributed by atoms with van der Waals surface area (Å²) in [6.07, 6.45) is 4.95. The number of hydrogen-bond donors (Lipinski definition) is 2. The van der Waals surface area contributed by atoms with Crippen molar-refractivity contribution in [1.29, 1.82) is 0 Å². The molecule has 3 rings (SSSR count). The summed E-state index contributed by atoms with van der Waals surface area (Å²) >= 11 is 0. The molecule has 0 bridgehead atoms. The maximum atomic E-state index is 13.0. The first-order chi connectivity index (χ1) is 16.5. The van der Waals surface area contributed by atoms with Crippen LogP contribution in [0.5, 0.6) is 5.75 Å². The molecule has 5 heteroatoms. The Morgan fingerprint density at radius 1 is 0.971 bits per heavy atom. The third kappa shape index (κ3) is 7.91. The van der Waals surface area contributed by atoms with Crippen LogP contribution in [-0.4, -0.2) is 5.91 Å². The fourth-order valence-corrected chi connectivity index (χ4v) is 3.96. The summed E-state index contributed by atoms with van der Waals surface area (Å²) in [4.78, 5) is 12.4. The monoisotopic (exact) mass is 462 g/mol. The van der Waals surface area contributed by atoms with Gasteiger partial charge in [-0.1, -0.05) is 51.3 Å². The highest BCUT2D eigenvalue weighted by Crippen LogP contribution is 2.27. The number of carbonyl (C=O) groups excluding carboxylic acids is 1. The van der Waals surface area contributed by atoms with Gasteiger partial charge in [0.05, 0.1) is 0 Å². The van der Waals surface area contributed by atoms with E-state index in [9.17, 15) is 9.18 Å². The molecule has 3 aromatic rings. The van der Waals surface area contributed by atoms with Crippen molar-refractivity contribution in [3.05, 3.63) is 83.7 Å². The molecule has 3 aromatic carbocycles. The maximum Gasteiger partial charge on any atom is 0.224 e. The standard InChI is InChI=1S/C29H35FN2O2/c1-4-7-22(5-2)12-17-29(33)32-26-9-6-8-25(19-26)31-28-16-15-27(18-21(28)3)34-20-23-10-13-24(30)14-11-23/h6,8-11,13-16,18-19,22,31H,4-5,7,12,17,20H2,1-3H3,(H,32,33). The lowest BCUT2D eigenvalue weighted by atomic mass is 9.95. The van der Waals surface area contributed by atoms with E-state index in [0.717, 1.165) is 53.2 Å². The van der Waals surface area contributed by atoms with Crippen LogP contribution < -0.4 is 15.4 Å². The molecule has 0 fully saturated rings. The maximum absolute atomic E-state index is 13.0. The van der Waals surface area contributed by atoms with Gasteiger partial charge in [0.25, 0.3) is 0 Å². The zero-order chi connectivity index (χ0) is 24.3. The minimum atomic E-state index is -0.254. The van der Waals surface area contributed by atoms with Crippen LogP contribution in [0.1, 0.15) is 57.1 Å². The number of halogens is 1. The van der Waals surface area contributed by atoms with Crippen LogP contribution in [0.3, 0.4) is 0 Å². The highest BCUT2D eigenvalue weighted by Gasteiger charge is 2.10. The van der Waals surface area contributed by atoms with E-state index < -0.39 is 0 Å². The summed E-state index contributed by atoms with van der Waals surface area (Å²) in [7, 11) is 0. The van der Waals surface area contributed by atoms with E-state index in [2.05, 4.69) is 24.5 Å². The first-order valence-corrected chi connectivity index (χ1v) is 12.1. The molecule has 0 spiro atoms. The fraction of sp³-hybridized carbons (Fsp3) is 0.345. The molecule has 1 unspecified atom stereocenters. The van der Waals surface area contributed by atoms with Crippen molar-refractivity contribution >= 4 is 23.0 Å². The lowest BCUT2D eigenvalue weighted by Crippen LogP contribution is -2.13. The summed E-state index contributed by atoms with van der Waals surface area (Å²) in [6, 6.07) is 19.9. The average molecular weight is 463 g/mol. The molecule has 0 aliphatic heterocycles. The lowest BCUT2D eigenvalue weighted by Gasteiger charge is -2.15. The van der Waals surface area contributed by atoms with E-state index in [1.54, 1.807) is 12.1 Å². The van der Waals surface area contributed by atoms with Gasteiger partial charge in [0.15, 0.2) is 0 Å². The van der Waals surface area contributed by atoms with Crippen molar-refractivity contribution in [3.63, 3.8) is 0 Å². The zero-order valence-corrected chi connectivity index (χ0v) is 20.4. The number of nitrogens with one attached hydrogen (secondary N) is 2. The Morgan fingerprint density at radius 3 is 2.44 bits per heavy atom. The fourth-order valence-electron chi connectivity index (χ4n) is 3.96. The van der Waals surface area contributed by atoms with Crippen molar-refractivity contribution in [2.24, 2.45) is 5.92 Å². The van der Waals surface area contributed by atoms with Crippen LogP contribution in [-0.2, 0) is 11.4 Å². The summed E-state index contributed by atoms with van der Waals surface area (Å²) in [5, 5.41) is 6.45. The molecule has 2 N–H and O–H groups in total. The van der Waals surface area contributed by atoms with Gasteiger partial charge >= 0.3 is 0 Å². The van der Waals surface area contributed by atoms with E-state index >= 15 is 0 Å². The van der Waals surface area contributed by atoms with E-state index in [1.165, 1.54) is 18.6 Å². The number of carbonyl (C=O) groups is 1. The van der Waals surface area contributed by atoms with Crippen molar-refractivity contribution in [1.82, 2.24) is 0 Å². The number of aryl methyl sites for hydroxylation is 1. The minimum Gasteiger partial charge on any atom is -0.489 e. The average Bonchev–Trinajstić information content (AvgIpc) is 2.83. The Hall–Kier alpha value is -3.34. The largest absolute Gasteiger partial charge is 0.489 e. The summed E-state index contributed by atoms with van der Waals surface area (Å²) < 4.78 is 18.9. The van der Waals surface area contributed by atoms with Crippen LogP contribution in [0.2, 0.25) is 0 Å². The third-order valence-electron chi connectivity index (χ3n) is 6.00. The number of ether oxygens (including phenoxy) is 1. The summed E-state index contributed by atoms with van der Waals surface area (Å²) in [5.74, 6) is 1.18. The molecule has 1 atom stereocenters. The second-order valence-electron chi connectivity index (χ2n) is 8.75. The Labute approximate surface area is 202 Å². The molecule has 0 heterocycles. The van der Waals surface area contributed by atoms with Gasteiger partial charge in [0, 0.05) is 23.5 Å². The Balaban J connectivity index is 1.55. The van der Waals surface area contributed by atoms with Gasteiger partial charge in [-0.15, -0.1) is 0 Å². The second-order valence-corrected chi connectivity index (χ2v) is 8.75. The molecule has 34 heavy (non-hydrogen) atoms. The molecule has 0 radical (unpaired) electrons. The van der Waals surface area contributed by atoms with Gasteiger partial charge < -0.3 is 15.4 Å². The van der Waals surface area contributed by atoms with Crippen molar-refractivity contribution < 1.29 is 13.9 Å². The Bertz CT molecular complexity index is 1070. The summed E-state index contributed by atoms with van der Waals surface area (Å²) in [6.45, 7) is 6.78. The first kappa shape index (κ1) is 25.3. The van der Waals surface area contributed by atoms with Crippen molar-refractivity contribution in [2.45, 2.75) is 59.5 Å². The van der Waals surface area contributed by atoms with Crippen molar-refractivity contribution in [2.75, 3.05) is 10.6 Å². The zero-order valence-electron chi connectivity index (χ0n) is 20.4. The lowest BCUT2D eigenvalue weighted by molar-refractivity contribution is -0.116. The predicted molar refractivity (Wildman–Crippen MR) is 138 cm³/mol. The third-order valence-corrected chi connectivity index (χ3v) is 6.00. The number of hydrogen-bond acceptors (Lipinski definition) is 3. The van der Waals surface area contributed by atoms with Crippen LogP contribution in [0.25, 0.3) is 0 Å². The normalized spacial score (nSPS) is 11.6.